The molecule has 1 N–H and O–H groups in total. The first-order chi connectivity index (χ1) is 12.6. The van der Waals surface area contributed by atoms with Crippen LogP contribution in [0.4, 0.5) is 5.82 Å². The maximum Gasteiger partial charge on any atom is 0.354 e. The fourth-order valence-corrected chi connectivity index (χ4v) is 3.03. The quantitative estimate of drug-likeness (QED) is 0.778. The minimum Gasteiger partial charge on any atom is -0.488 e. The van der Waals surface area contributed by atoms with E-state index in [0.717, 1.165) is 16.8 Å². The maximum atomic E-state index is 11.4. The summed E-state index contributed by atoms with van der Waals surface area (Å²) in [7, 11) is 1.89. The molecule has 4 rings (SSSR count). The Hall–Kier alpha value is -3.35. The van der Waals surface area contributed by atoms with E-state index in [1.54, 1.807) is 16.9 Å². The SMILES string of the molecule is CN1CCOc2c(Cc3ccc(-n4cccn4)cc3)cc(C(=O)O)nc21. The molecule has 0 saturated heterocycles. The Bertz CT molecular complexity index is 936. The molecule has 132 valence electrons. The number of carboxylic acids is 1. The van der Waals surface area contributed by atoms with Crippen molar-refractivity contribution in [2.45, 2.75) is 6.42 Å². The molecular weight excluding hydrogens is 332 g/mol. The molecule has 7 heteroatoms. The summed E-state index contributed by atoms with van der Waals surface area (Å²) in [6.07, 6.45) is 4.19. The molecule has 0 saturated carbocycles. The highest BCUT2D eigenvalue weighted by atomic mass is 16.5. The van der Waals surface area contributed by atoms with Gasteiger partial charge in [0.2, 0.25) is 0 Å². The molecule has 0 spiro atoms. The fourth-order valence-electron chi connectivity index (χ4n) is 3.03. The molecule has 0 unspecified atom stereocenters. The van der Waals surface area contributed by atoms with Gasteiger partial charge >= 0.3 is 5.97 Å². The summed E-state index contributed by atoms with van der Waals surface area (Å²) >= 11 is 0. The van der Waals surface area contributed by atoms with Crippen LogP contribution in [0.3, 0.4) is 0 Å². The van der Waals surface area contributed by atoms with Gasteiger partial charge in [0, 0.05) is 31.4 Å². The van der Waals surface area contributed by atoms with E-state index in [0.29, 0.717) is 31.1 Å². The molecule has 0 amide bonds. The number of benzene rings is 1. The van der Waals surface area contributed by atoms with Crippen LogP contribution in [-0.2, 0) is 6.42 Å². The predicted molar refractivity (Wildman–Crippen MR) is 96.3 cm³/mol. The van der Waals surface area contributed by atoms with Crippen molar-refractivity contribution in [3.05, 3.63) is 65.6 Å². The van der Waals surface area contributed by atoms with Crippen molar-refractivity contribution < 1.29 is 14.6 Å². The van der Waals surface area contributed by atoms with Gasteiger partial charge in [-0.15, -0.1) is 0 Å². The number of ether oxygens (including phenoxy) is 1. The largest absolute Gasteiger partial charge is 0.488 e. The molecule has 1 aliphatic rings. The molecule has 26 heavy (non-hydrogen) atoms. The Morgan fingerprint density at radius 3 is 2.81 bits per heavy atom. The number of hydrogen-bond donors (Lipinski definition) is 1. The molecule has 3 heterocycles. The lowest BCUT2D eigenvalue weighted by atomic mass is 10.0. The number of carboxylic acid groups (broad SMARTS) is 1. The number of pyridine rings is 1. The van der Waals surface area contributed by atoms with Crippen molar-refractivity contribution in [3.63, 3.8) is 0 Å². The Morgan fingerprint density at radius 2 is 2.12 bits per heavy atom. The van der Waals surface area contributed by atoms with Gasteiger partial charge in [-0.25, -0.2) is 14.5 Å². The Morgan fingerprint density at radius 1 is 1.31 bits per heavy atom. The lowest BCUT2D eigenvalue weighted by Crippen LogP contribution is -2.31. The first-order valence-electron chi connectivity index (χ1n) is 8.32. The number of aromatic carboxylic acids is 1. The van der Waals surface area contributed by atoms with E-state index in [4.69, 9.17) is 4.74 Å². The van der Waals surface area contributed by atoms with Crippen LogP contribution >= 0.6 is 0 Å². The van der Waals surface area contributed by atoms with E-state index in [2.05, 4.69) is 10.1 Å². The third-order valence-electron chi connectivity index (χ3n) is 4.39. The zero-order valence-electron chi connectivity index (χ0n) is 14.3. The normalized spacial score (nSPS) is 13.2. The molecule has 1 aliphatic heterocycles. The summed E-state index contributed by atoms with van der Waals surface area (Å²) in [5, 5.41) is 13.6. The zero-order chi connectivity index (χ0) is 18.1. The van der Waals surface area contributed by atoms with Crippen molar-refractivity contribution in [2.75, 3.05) is 25.1 Å². The van der Waals surface area contributed by atoms with Crippen LogP contribution in [0.2, 0.25) is 0 Å². The van der Waals surface area contributed by atoms with Gasteiger partial charge in [-0.1, -0.05) is 12.1 Å². The number of anilines is 1. The van der Waals surface area contributed by atoms with Gasteiger partial charge in [0.15, 0.2) is 17.3 Å². The second-order valence-corrected chi connectivity index (χ2v) is 6.19. The third kappa shape index (κ3) is 2.99. The summed E-state index contributed by atoms with van der Waals surface area (Å²) in [4.78, 5) is 17.6. The minimum absolute atomic E-state index is 0.0317. The van der Waals surface area contributed by atoms with Gasteiger partial charge in [-0.2, -0.15) is 5.10 Å². The molecular formula is C19H18N4O3. The summed E-state index contributed by atoms with van der Waals surface area (Å²) in [6.45, 7) is 1.24. The number of hydrogen-bond acceptors (Lipinski definition) is 5. The minimum atomic E-state index is -1.04. The van der Waals surface area contributed by atoms with Gasteiger partial charge in [-0.05, 0) is 29.8 Å². The summed E-state index contributed by atoms with van der Waals surface area (Å²) in [6, 6.07) is 11.5. The number of carbonyl (C=O) groups is 1. The van der Waals surface area contributed by atoms with Crippen LogP contribution in [0.15, 0.2) is 48.8 Å². The molecule has 2 aromatic heterocycles. The smallest absolute Gasteiger partial charge is 0.354 e. The predicted octanol–water partition coefficient (Wildman–Crippen LogP) is 2.38. The Balaban J connectivity index is 1.68. The van der Waals surface area contributed by atoms with Gasteiger partial charge in [-0.3, -0.25) is 0 Å². The molecule has 1 aromatic carbocycles. The number of rotatable bonds is 4. The van der Waals surface area contributed by atoms with Gasteiger partial charge < -0.3 is 14.7 Å². The van der Waals surface area contributed by atoms with Crippen molar-refractivity contribution in [2.24, 2.45) is 0 Å². The van der Waals surface area contributed by atoms with Gasteiger partial charge in [0.1, 0.15) is 6.61 Å². The van der Waals surface area contributed by atoms with Crippen molar-refractivity contribution >= 4 is 11.8 Å². The van der Waals surface area contributed by atoms with E-state index >= 15 is 0 Å². The van der Waals surface area contributed by atoms with Crippen LogP contribution in [0.5, 0.6) is 5.75 Å². The Kier molecular flexibility index (Phi) is 4.04. The zero-order valence-corrected chi connectivity index (χ0v) is 14.3. The molecule has 0 fully saturated rings. The Labute approximate surface area is 150 Å². The number of aromatic nitrogens is 3. The molecule has 3 aromatic rings. The number of fused-ring (bicyclic) bond motifs is 1. The van der Waals surface area contributed by atoms with Crippen LogP contribution < -0.4 is 9.64 Å². The summed E-state index contributed by atoms with van der Waals surface area (Å²) < 4.78 is 7.59. The van der Waals surface area contributed by atoms with Crippen molar-refractivity contribution in [3.8, 4) is 11.4 Å². The first-order valence-corrected chi connectivity index (χ1v) is 8.32. The second-order valence-electron chi connectivity index (χ2n) is 6.19. The standard InChI is InChI=1S/C19H18N4O3/c1-22-9-10-26-17-14(12-16(19(24)25)21-18(17)22)11-13-3-5-15(6-4-13)23-8-2-7-20-23/h2-8,12H,9-11H2,1H3,(H,24,25). The molecule has 0 bridgehead atoms. The van der Waals surface area contributed by atoms with Gasteiger partial charge in [0.05, 0.1) is 12.2 Å². The molecule has 0 atom stereocenters. The topological polar surface area (TPSA) is 80.5 Å². The van der Waals surface area contributed by atoms with Crippen LogP contribution in [0, 0.1) is 0 Å². The van der Waals surface area contributed by atoms with Crippen molar-refractivity contribution in [1.82, 2.24) is 14.8 Å². The van der Waals surface area contributed by atoms with Gasteiger partial charge in [0.25, 0.3) is 0 Å². The summed E-state index contributed by atoms with van der Waals surface area (Å²) in [5.41, 5.74) is 2.88. The number of nitrogens with zero attached hydrogens (tertiary/aromatic N) is 4. The molecule has 7 nitrogen and oxygen atoms in total. The maximum absolute atomic E-state index is 11.4. The van der Waals surface area contributed by atoms with Crippen LogP contribution in [0.25, 0.3) is 5.69 Å². The number of likely N-dealkylation sites (N-methyl/N-ethyl adjacent to an activating group) is 1. The average Bonchev–Trinajstić information content (AvgIpc) is 3.17. The van der Waals surface area contributed by atoms with Crippen LogP contribution in [0.1, 0.15) is 21.6 Å². The van der Waals surface area contributed by atoms with E-state index in [1.165, 1.54) is 0 Å². The van der Waals surface area contributed by atoms with E-state index < -0.39 is 5.97 Å². The van der Waals surface area contributed by atoms with Crippen LogP contribution in [-0.4, -0.2) is 46.0 Å². The average molecular weight is 350 g/mol. The lowest BCUT2D eigenvalue weighted by Gasteiger charge is -2.28. The van der Waals surface area contributed by atoms with Crippen molar-refractivity contribution in [1.29, 1.82) is 0 Å². The van der Waals surface area contributed by atoms with E-state index in [9.17, 15) is 9.90 Å². The molecule has 0 radical (unpaired) electrons. The highest BCUT2D eigenvalue weighted by molar-refractivity contribution is 5.87. The lowest BCUT2D eigenvalue weighted by molar-refractivity contribution is 0.0690. The second kappa shape index (κ2) is 6.51. The van der Waals surface area contributed by atoms with E-state index in [-0.39, 0.29) is 5.69 Å². The first kappa shape index (κ1) is 16.1. The highest BCUT2D eigenvalue weighted by Crippen LogP contribution is 2.34. The highest BCUT2D eigenvalue weighted by Gasteiger charge is 2.23. The summed E-state index contributed by atoms with van der Waals surface area (Å²) in [5.74, 6) is 0.210. The third-order valence-corrected chi connectivity index (χ3v) is 4.39. The fraction of sp³-hybridized carbons (Fsp3) is 0.211. The molecule has 0 aliphatic carbocycles. The van der Waals surface area contributed by atoms with E-state index in [1.807, 2.05) is 48.5 Å². The monoisotopic (exact) mass is 350 g/mol.